The number of benzene rings is 3. The van der Waals surface area contributed by atoms with Gasteiger partial charge in [-0.1, -0.05) is 54.6 Å². The molecule has 11 heteroatoms. The van der Waals surface area contributed by atoms with Gasteiger partial charge in [0.15, 0.2) is 11.5 Å². The van der Waals surface area contributed by atoms with Crippen LogP contribution in [0.4, 0.5) is 5.69 Å². The van der Waals surface area contributed by atoms with Crippen molar-refractivity contribution in [1.82, 2.24) is 5.32 Å². The fourth-order valence-electron chi connectivity index (χ4n) is 4.52. The summed E-state index contributed by atoms with van der Waals surface area (Å²) in [5.41, 5.74) is 2.69. The molecule has 1 aliphatic heterocycles. The van der Waals surface area contributed by atoms with Crippen LogP contribution in [0, 0.1) is 10.1 Å². The lowest BCUT2D eigenvalue weighted by Crippen LogP contribution is -2.37. The van der Waals surface area contributed by atoms with Gasteiger partial charge < -0.3 is 34.4 Å². The van der Waals surface area contributed by atoms with Gasteiger partial charge in [0.2, 0.25) is 0 Å². The van der Waals surface area contributed by atoms with Crippen LogP contribution in [0.5, 0.6) is 17.2 Å². The van der Waals surface area contributed by atoms with Crippen LogP contribution in [0.1, 0.15) is 28.4 Å². The summed E-state index contributed by atoms with van der Waals surface area (Å²) in [4.78, 5) is 28.2. The number of rotatable bonds is 15. The van der Waals surface area contributed by atoms with Gasteiger partial charge in [0, 0.05) is 30.4 Å². The number of esters is 1. The second-order valence-corrected chi connectivity index (χ2v) is 9.97. The molecule has 0 saturated heterocycles. The van der Waals surface area contributed by atoms with E-state index in [1.807, 2.05) is 54.6 Å². The van der Waals surface area contributed by atoms with Crippen molar-refractivity contribution in [1.29, 1.82) is 0 Å². The second kappa shape index (κ2) is 19.2. The van der Waals surface area contributed by atoms with E-state index in [0.29, 0.717) is 48.9 Å². The van der Waals surface area contributed by atoms with Crippen LogP contribution in [-0.4, -0.2) is 56.6 Å². The Balaban J connectivity index is 0.00000282. The quantitative estimate of drug-likeness (QED) is 0.0683. The number of nitrogens with one attached hydrogen (secondary N) is 2. The normalized spacial score (nSPS) is 15.4. The third kappa shape index (κ3) is 11.3. The summed E-state index contributed by atoms with van der Waals surface area (Å²) in [5, 5.41) is 16.5. The zero-order chi connectivity index (χ0) is 33.1. The molecule has 11 nitrogen and oxygen atoms in total. The predicted molar refractivity (Wildman–Crippen MR) is 177 cm³/mol. The van der Waals surface area contributed by atoms with Crippen molar-refractivity contribution in [3.63, 3.8) is 0 Å². The standard InChI is InChI=1S/C33H37N3O8.C2H4/c1-24-10-4-3-5-13-28-29(35-24)14-9-17-30(28)42-23-27(21-34-18-19-41-32-16-7-6-15-31(32)40-2)44-33(37)26-12-8-11-25(20-26)22-43-36(38)39;1-2/h3-12,14-17,20,24,27,34-35H,13,18-19,21-23H2,1-2H3;1-2H2/b5-3-,10-4-;. The Morgan fingerprint density at radius 1 is 1.04 bits per heavy atom. The number of methoxy groups -OCH3 is 1. The summed E-state index contributed by atoms with van der Waals surface area (Å²) in [7, 11) is 1.59. The molecule has 244 valence electrons. The molecule has 4 rings (SSSR count). The van der Waals surface area contributed by atoms with Crippen molar-refractivity contribution in [2.75, 3.05) is 38.7 Å². The average molecular weight is 632 g/mol. The van der Waals surface area contributed by atoms with Gasteiger partial charge in [-0.05, 0) is 55.3 Å². The molecule has 2 unspecified atom stereocenters. The Morgan fingerprint density at radius 3 is 2.59 bits per heavy atom. The number of ether oxygens (including phenoxy) is 4. The van der Waals surface area contributed by atoms with Crippen LogP contribution >= 0.6 is 0 Å². The highest BCUT2D eigenvalue weighted by Crippen LogP contribution is 2.29. The third-order valence-electron chi connectivity index (χ3n) is 6.66. The topological polar surface area (TPSA) is 130 Å². The van der Waals surface area contributed by atoms with Gasteiger partial charge in [-0.2, -0.15) is 0 Å². The summed E-state index contributed by atoms with van der Waals surface area (Å²) in [6, 6.07) is 19.7. The number of anilines is 1. The number of para-hydroxylation sites is 2. The zero-order valence-electron chi connectivity index (χ0n) is 26.2. The molecule has 2 atom stereocenters. The minimum Gasteiger partial charge on any atom is -0.493 e. The maximum Gasteiger partial charge on any atom is 0.338 e. The lowest BCUT2D eigenvalue weighted by atomic mass is 10.1. The lowest BCUT2D eigenvalue weighted by Gasteiger charge is -2.22. The first kappa shape index (κ1) is 35.2. The molecule has 3 aromatic carbocycles. The molecule has 0 bridgehead atoms. The number of carbonyl (C=O) groups is 1. The van der Waals surface area contributed by atoms with E-state index in [4.69, 9.17) is 18.9 Å². The highest BCUT2D eigenvalue weighted by Gasteiger charge is 2.19. The van der Waals surface area contributed by atoms with E-state index < -0.39 is 17.2 Å². The molecule has 0 amide bonds. The van der Waals surface area contributed by atoms with Crippen molar-refractivity contribution in [2.45, 2.75) is 32.1 Å². The van der Waals surface area contributed by atoms with Gasteiger partial charge in [0.25, 0.3) is 5.09 Å². The van der Waals surface area contributed by atoms with Gasteiger partial charge in [0.1, 0.15) is 31.7 Å². The Morgan fingerprint density at radius 2 is 1.80 bits per heavy atom. The Hall–Kier alpha value is -5.29. The van der Waals surface area contributed by atoms with Crippen molar-refractivity contribution >= 4 is 11.7 Å². The fraction of sp³-hybridized carbons (Fsp3) is 0.286. The smallest absolute Gasteiger partial charge is 0.338 e. The van der Waals surface area contributed by atoms with Crippen molar-refractivity contribution in [3.05, 3.63) is 131 Å². The van der Waals surface area contributed by atoms with E-state index in [9.17, 15) is 14.9 Å². The molecular formula is C35H41N3O8. The minimum atomic E-state index is -0.877. The molecule has 0 aromatic heterocycles. The second-order valence-electron chi connectivity index (χ2n) is 9.97. The van der Waals surface area contributed by atoms with E-state index >= 15 is 0 Å². The van der Waals surface area contributed by atoms with E-state index in [-0.39, 0.29) is 24.8 Å². The summed E-state index contributed by atoms with van der Waals surface area (Å²) in [6.07, 6.45) is 8.17. The van der Waals surface area contributed by atoms with Crippen LogP contribution in [0.2, 0.25) is 0 Å². The molecular weight excluding hydrogens is 590 g/mol. The first-order valence-corrected chi connectivity index (χ1v) is 14.8. The molecule has 0 spiro atoms. The number of hydrogen-bond donors (Lipinski definition) is 2. The summed E-state index contributed by atoms with van der Waals surface area (Å²) in [6.45, 7) is 9.01. The Kier molecular flexibility index (Phi) is 14.7. The van der Waals surface area contributed by atoms with Gasteiger partial charge in [-0.3, -0.25) is 0 Å². The monoisotopic (exact) mass is 631 g/mol. The van der Waals surface area contributed by atoms with E-state index in [1.165, 1.54) is 6.07 Å². The van der Waals surface area contributed by atoms with Crippen LogP contribution in [0.25, 0.3) is 0 Å². The minimum absolute atomic E-state index is 0.0875. The molecule has 1 heterocycles. The Bertz CT molecular complexity index is 1480. The number of hydrogen-bond acceptors (Lipinski definition) is 10. The molecule has 2 N–H and O–H groups in total. The number of nitrogens with zero attached hydrogens (tertiary/aromatic N) is 1. The van der Waals surface area contributed by atoms with Gasteiger partial charge >= 0.3 is 5.97 Å². The summed E-state index contributed by atoms with van der Waals surface area (Å²) < 4.78 is 23.3. The van der Waals surface area contributed by atoms with Gasteiger partial charge in [0.05, 0.1) is 12.7 Å². The zero-order valence-corrected chi connectivity index (χ0v) is 26.2. The highest BCUT2D eigenvalue weighted by molar-refractivity contribution is 5.89. The lowest BCUT2D eigenvalue weighted by molar-refractivity contribution is -0.763. The predicted octanol–water partition coefficient (Wildman–Crippen LogP) is 5.95. The maximum absolute atomic E-state index is 13.1. The maximum atomic E-state index is 13.1. The van der Waals surface area contributed by atoms with Crippen LogP contribution in [-0.2, 0) is 22.6 Å². The fourth-order valence-corrected chi connectivity index (χ4v) is 4.52. The van der Waals surface area contributed by atoms with Crippen LogP contribution in [0.3, 0.4) is 0 Å². The number of allylic oxidation sites excluding steroid dienone is 3. The SMILES string of the molecule is C=C.COc1ccccc1OCCNCC(COc1cccc2c1C/C=C\C=C/C(C)N2)OC(=O)c1cccc(CO[N+](=O)[O-])c1. The molecule has 0 saturated carbocycles. The number of fused-ring (bicyclic) bond motifs is 1. The molecule has 0 fully saturated rings. The van der Waals surface area contributed by atoms with E-state index in [2.05, 4.69) is 47.7 Å². The van der Waals surface area contributed by atoms with Gasteiger partial charge in [-0.15, -0.1) is 23.3 Å². The van der Waals surface area contributed by atoms with Crippen LogP contribution < -0.4 is 24.8 Å². The molecule has 1 aliphatic rings. The first-order valence-electron chi connectivity index (χ1n) is 14.8. The molecule has 3 aromatic rings. The average Bonchev–Trinajstić information content (AvgIpc) is 3.17. The Labute approximate surface area is 269 Å². The van der Waals surface area contributed by atoms with Crippen molar-refractivity contribution in [2.24, 2.45) is 0 Å². The largest absolute Gasteiger partial charge is 0.493 e. The first-order chi connectivity index (χ1) is 22.4. The molecule has 46 heavy (non-hydrogen) atoms. The summed E-state index contributed by atoms with van der Waals surface area (Å²) >= 11 is 0. The van der Waals surface area contributed by atoms with Crippen LogP contribution in [0.15, 0.2) is 104 Å². The summed E-state index contributed by atoms with van der Waals surface area (Å²) in [5.74, 6) is 1.38. The molecule has 0 aliphatic carbocycles. The van der Waals surface area contributed by atoms with Crippen molar-refractivity contribution < 1.29 is 33.7 Å². The van der Waals surface area contributed by atoms with Crippen molar-refractivity contribution in [3.8, 4) is 17.2 Å². The number of carbonyl (C=O) groups excluding carboxylic acids is 1. The van der Waals surface area contributed by atoms with E-state index in [1.54, 1.807) is 25.3 Å². The van der Waals surface area contributed by atoms with Gasteiger partial charge in [-0.25, -0.2) is 4.79 Å². The van der Waals surface area contributed by atoms with E-state index in [0.717, 1.165) is 11.3 Å². The third-order valence-corrected chi connectivity index (χ3v) is 6.66. The molecule has 0 radical (unpaired) electrons. The highest BCUT2D eigenvalue weighted by atomic mass is 16.9.